The van der Waals surface area contributed by atoms with Gasteiger partial charge in [0.05, 0.1) is 5.56 Å². The first-order valence-corrected chi connectivity index (χ1v) is 9.54. The molecule has 0 fully saturated rings. The van der Waals surface area contributed by atoms with Gasteiger partial charge in [-0.05, 0) is 36.4 Å². The number of carbonyl (C=O) groups excluding carboxylic acids is 2. The Morgan fingerprint density at radius 1 is 1.32 bits per heavy atom. The Morgan fingerprint density at radius 2 is 1.96 bits per heavy atom. The number of rotatable bonds is 5. The van der Waals surface area contributed by atoms with Gasteiger partial charge in [-0.25, -0.2) is 0 Å². The van der Waals surface area contributed by atoms with E-state index >= 15 is 0 Å². The maximum atomic E-state index is 12.7. The molecule has 9 heteroatoms. The molecule has 0 saturated carbocycles. The molecular formula is C19H22F3NaO4S. The summed E-state index contributed by atoms with van der Waals surface area (Å²) in [4.78, 5) is 23.1. The van der Waals surface area contributed by atoms with Crippen molar-refractivity contribution in [2.45, 2.75) is 50.8 Å². The smallest absolute Gasteiger partial charge is 0.873 e. The number of carbonyl (C=O) groups is 2. The molecule has 4 nitrogen and oxygen atoms in total. The van der Waals surface area contributed by atoms with Crippen molar-refractivity contribution in [2.75, 3.05) is 5.75 Å². The summed E-state index contributed by atoms with van der Waals surface area (Å²) in [5.41, 5.74) is -0.729. The largest absolute Gasteiger partial charge is 1.00 e. The third-order valence-electron chi connectivity index (χ3n) is 3.69. The molecule has 0 radical (unpaired) electrons. The van der Waals surface area contributed by atoms with Crippen LogP contribution in [0.2, 0.25) is 0 Å². The quantitative estimate of drug-likeness (QED) is 0.399. The number of hydrogen-bond donors (Lipinski definition) is 0. The van der Waals surface area contributed by atoms with Crippen molar-refractivity contribution in [3.63, 3.8) is 0 Å². The van der Waals surface area contributed by atoms with Crippen LogP contribution < -0.4 is 34.7 Å². The molecule has 0 amide bonds. The minimum absolute atomic E-state index is 0. The summed E-state index contributed by atoms with van der Waals surface area (Å²) in [5, 5.41) is 11.9. The number of hydrogen-bond acceptors (Lipinski definition) is 5. The van der Waals surface area contributed by atoms with Crippen LogP contribution in [0.1, 0.15) is 39.2 Å². The number of esters is 1. The van der Waals surface area contributed by atoms with Crippen molar-refractivity contribution in [3.05, 3.63) is 41.7 Å². The van der Waals surface area contributed by atoms with Crippen molar-refractivity contribution < 1.29 is 62.2 Å². The van der Waals surface area contributed by atoms with Gasteiger partial charge in [0.1, 0.15) is 6.10 Å². The molecule has 0 spiro atoms. The predicted octanol–water partition coefficient (Wildman–Crippen LogP) is 0.983. The van der Waals surface area contributed by atoms with Crippen LogP contribution in [0.15, 0.2) is 41.0 Å². The van der Waals surface area contributed by atoms with Crippen molar-refractivity contribution >= 4 is 23.5 Å². The third kappa shape index (κ3) is 8.59. The molecule has 0 bridgehead atoms. The summed E-state index contributed by atoms with van der Waals surface area (Å²) in [7, 11) is 0. The normalized spacial score (nSPS) is 18.9. The zero-order chi connectivity index (χ0) is 20.6. The number of thioether (sulfide) groups is 1. The van der Waals surface area contributed by atoms with Crippen LogP contribution in [0, 0.1) is 5.92 Å². The Hall–Kier alpha value is -0.960. The van der Waals surface area contributed by atoms with Crippen LogP contribution in [0.4, 0.5) is 13.2 Å². The topological polar surface area (TPSA) is 66.4 Å². The monoisotopic (exact) mass is 426 g/mol. The first kappa shape index (κ1) is 27.0. The number of ketones is 1. The van der Waals surface area contributed by atoms with Crippen LogP contribution in [0.5, 0.6) is 0 Å². The first-order valence-electron chi connectivity index (χ1n) is 8.55. The second kappa shape index (κ2) is 12.6. The average Bonchev–Trinajstić information content (AvgIpc) is 2.59. The van der Waals surface area contributed by atoms with Gasteiger partial charge in [0.15, 0.2) is 5.78 Å². The summed E-state index contributed by atoms with van der Waals surface area (Å²) in [6.07, 6.45) is -4.03. The van der Waals surface area contributed by atoms with E-state index in [0.29, 0.717) is 17.1 Å². The molecule has 0 heterocycles. The van der Waals surface area contributed by atoms with Crippen molar-refractivity contribution in [3.8, 4) is 0 Å². The molecule has 2 atom stereocenters. The molecule has 0 N–H and O–H groups in total. The molecule has 1 aromatic rings. The Morgan fingerprint density at radius 3 is 2.54 bits per heavy atom. The van der Waals surface area contributed by atoms with Gasteiger partial charge in [-0.1, -0.05) is 25.7 Å². The van der Waals surface area contributed by atoms with Gasteiger partial charge < -0.3 is 9.84 Å². The fourth-order valence-electron chi connectivity index (χ4n) is 2.57. The van der Waals surface area contributed by atoms with E-state index in [-0.39, 0.29) is 41.8 Å². The maximum absolute atomic E-state index is 12.7. The van der Waals surface area contributed by atoms with Gasteiger partial charge in [0, 0.05) is 24.2 Å². The Bertz CT molecular complexity index is 692. The number of halogens is 3. The summed E-state index contributed by atoms with van der Waals surface area (Å²) in [6.45, 7) is 5.18. The first-order chi connectivity index (χ1) is 12.7. The molecule has 1 aliphatic carbocycles. The van der Waals surface area contributed by atoms with Crippen LogP contribution in [-0.4, -0.2) is 23.6 Å². The summed E-state index contributed by atoms with van der Waals surface area (Å²) < 4.78 is 43.1. The standard InChI is InChI=1S/C17H17F3O4S.C2H6.Na/c1-10(21)24-16-11(7-13(22)9-15(16)23)5-6-25-14-4-2-3-12(8-14)17(18,19)20;1-2;/h2-4,8-9,11,16,23H,5-7H2,1H3;1-2H3;/q;;+1/p-1. The zero-order valence-electron chi connectivity index (χ0n) is 16.3. The predicted molar refractivity (Wildman–Crippen MR) is 94.9 cm³/mol. The van der Waals surface area contributed by atoms with E-state index in [2.05, 4.69) is 0 Å². The Balaban J connectivity index is 0.00000235. The molecule has 1 aliphatic rings. The zero-order valence-corrected chi connectivity index (χ0v) is 19.2. The van der Waals surface area contributed by atoms with E-state index in [9.17, 15) is 27.9 Å². The molecule has 150 valence electrons. The van der Waals surface area contributed by atoms with E-state index in [1.54, 1.807) is 6.07 Å². The average molecular weight is 426 g/mol. The fourth-order valence-corrected chi connectivity index (χ4v) is 3.62. The van der Waals surface area contributed by atoms with Gasteiger partial charge in [0.2, 0.25) is 0 Å². The fraction of sp³-hybridized carbons (Fsp3) is 0.474. The van der Waals surface area contributed by atoms with Gasteiger partial charge >= 0.3 is 41.7 Å². The molecule has 28 heavy (non-hydrogen) atoms. The van der Waals surface area contributed by atoms with E-state index in [4.69, 9.17) is 4.74 Å². The third-order valence-corrected chi connectivity index (χ3v) is 4.71. The van der Waals surface area contributed by atoms with Crippen LogP contribution in [0.3, 0.4) is 0 Å². The number of benzene rings is 1. The van der Waals surface area contributed by atoms with Gasteiger partial charge in [-0.15, -0.1) is 11.8 Å². The van der Waals surface area contributed by atoms with Crippen molar-refractivity contribution in [2.24, 2.45) is 5.92 Å². The van der Waals surface area contributed by atoms with Gasteiger partial charge in [-0.3, -0.25) is 9.59 Å². The molecule has 0 aromatic heterocycles. The summed E-state index contributed by atoms with van der Waals surface area (Å²) >= 11 is 1.19. The van der Waals surface area contributed by atoms with Crippen molar-refractivity contribution in [1.29, 1.82) is 0 Å². The summed E-state index contributed by atoms with van der Waals surface area (Å²) in [6, 6.07) is 4.94. The van der Waals surface area contributed by atoms with Crippen LogP contribution in [-0.2, 0) is 20.5 Å². The minimum atomic E-state index is -4.41. The molecule has 1 aromatic carbocycles. The number of alkyl halides is 3. The minimum Gasteiger partial charge on any atom is -0.873 e. The van der Waals surface area contributed by atoms with E-state index in [1.165, 1.54) is 24.8 Å². The van der Waals surface area contributed by atoms with E-state index in [0.717, 1.165) is 18.2 Å². The van der Waals surface area contributed by atoms with Crippen LogP contribution >= 0.6 is 11.8 Å². The molecule has 0 aliphatic heterocycles. The number of allylic oxidation sites excluding steroid dienone is 1. The molecule has 2 unspecified atom stereocenters. The van der Waals surface area contributed by atoms with E-state index in [1.807, 2.05) is 13.8 Å². The summed E-state index contributed by atoms with van der Waals surface area (Å²) in [5.74, 6) is -1.56. The van der Waals surface area contributed by atoms with E-state index < -0.39 is 35.5 Å². The van der Waals surface area contributed by atoms with Crippen LogP contribution in [0.25, 0.3) is 0 Å². The van der Waals surface area contributed by atoms with Gasteiger partial charge in [-0.2, -0.15) is 13.2 Å². The number of ether oxygens (including phenoxy) is 1. The van der Waals surface area contributed by atoms with Crippen molar-refractivity contribution in [1.82, 2.24) is 0 Å². The molecule has 0 saturated heterocycles. The molecular weight excluding hydrogens is 404 g/mol. The van der Waals surface area contributed by atoms with Gasteiger partial charge in [0.25, 0.3) is 0 Å². The Labute approximate surface area is 189 Å². The molecule has 2 rings (SSSR count). The second-order valence-electron chi connectivity index (χ2n) is 5.67. The second-order valence-corrected chi connectivity index (χ2v) is 6.84. The Kier molecular flexibility index (Phi) is 12.1. The maximum Gasteiger partial charge on any atom is 1.00 e. The SMILES string of the molecule is CC.CC(=O)OC1C([O-])=CC(=O)CC1CCSc1cccc(C(F)(F)F)c1.[Na+].